The van der Waals surface area contributed by atoms with Gasteiger partial charge in [-0.25, -0.2) is 8.42 Å². The van der Waals surface area contributed by atoms with E-state index in [0.717, 1.165) is 0 Å². The summed E-state index contributed by atoms with van der Waals surface area (Å²) in [5.74, 6) is 0.316. The number of hydrogen-bond acceptors (Lipinski definition) is 9. The minimum atomic E-state index is -4.10. The maximum Gasteiger partial charge on any atom is 1.00 e. The molecule has 11 heteroatoms. The summed E-state index contributed by atoms with van der Waals surface area (Å²) in [6.07, 6.45) is 0.952. The van der Waals surface area contributed by atoms with Crippen molar-refractivity contribution in [2.45, 2.75) is 16.4 Å². The zero-order valence-electron chi connectivity index (χ0n) is 9.16. The first-order valence-corrected chi connectivity index (χ1v) is 8.56. The van der Waals surface area contributed by atoms with E-state index in [1.807, 2.05) is 0 Å². The molecule has 0 aromatic rings. The molecule has 0 aromatic heterocycles. The average Bonchev–Trinajstić information content (AvgIpc) is 2.65. The van der Waals surface area contributed by atoms with Crippen molar-refractivity contribution in [2.75, 3.05) is 11.5 Å². The van der Waals surface area contributed by atoms with E-state index in [2.05, 4.69) is 10.5 Å². The number of thioether (sulfide) groups is 2. The van der Waals surface area contributed by atoms with E-state index in [0.29, 0.717) is 30.6 Å². The van der Waals surface area contributed by atoms with Crippen LogP contribution in [0, 0.1) is 0 Å². The molecule has 0 amide bonds. The Balaban J connectivity index is 0.00000256. The molecule has 17 heavy (non-hydrogen) atoms. The molecule has 0 saturated heterocycles. The van der Waals surface area contributed by atoms with E-state index < -0.39 is 13.7 Å². The van der Waals surface area contributed by atoms with E-state index in [1.165, 1.54) is 23.5 Å². The van der Waals surface area contributed by atoms with Crippen molar-refractivity contribution in [1.29, 1.82) is 0 Å². The van der Waals surface area contributed by atoms with Crippen LogP contribution in [0.2, 0.25) is 0 Å². The average molecular weight is 326 g/mol. The summed E-state index contributed by atoms with van der Waals surface area (Å²) in [6.45, 7) is 0. The topological polar surface area (TPSA) is 102 Å². The third-order valence-electron chi connectivity index (χ3n) is 1.66. The summed E-state index contributed by atoms with van der Waals surface area (Å²) in [7, 11) is -4.10. The van der Waals surface area contributed by atoms with Crippen LogP contribution in [0.5, 0.6) is 0 Å². The second-order valence-corrected chi connectivity index (χ2v) is 8.39. The molecule has 0 bridgehead atoms. The van der Waals surface area contributed by atoms with Gasteiger partial charge in [0.05, 0.1) is 15.7 Å². The molecule has 0 fully saturated rings. The van der Waals surface area contributed by atoms with Crippen molar-refractivity contribution in [3.8, 4) is 0 Å². The van der Waals surface area contributed by atoms with Crippen LogP contribution in [-0.2, 0) is 10.1 Å². The maximum atomic E-state index is 10.3. The standard InChI is InChI=1S/C6H12N2O4S4.Na/c9-15-6(8-7-5-14-6)13-3-1-2-4-16(10,11)12;/h5,8-9H,1-4H2,(H,10,11,12);/q;+1/p-1. The molecule has 0 aromatic carbocycles. The van der Waals surface area contributed by atoms with E-state index in [9.17, 15) is 13.0 Å². The smallest absolute Gasteiger partial charge is 0.748 e. The SMILES string of the molecule is O=S(=O)([O-])CCCCSC1(SO)NN=CS1.[Na+]. The van der Waals surface area contributed by atoms with Gasteiger partial charge in [0, 0.05) is 17.8 Å². The van der Waals surface area contributed by atoms with Gasteiger partial charge in [0.1, 0.15) is 0 Å². The maximum absolute atomic E-state index is 10.3. The van der Waals surface area contributed by atoms with Crippen LogP contribution < -0.4 is 35.0 Å². The number of hydrazone groups is 1. The Bertz CT molecular complexity index is 342. The second-order valence-electron chi connectivity index (χ2n) is 2.93. The van der Waals surface area contributed by atoms with Crippen LogP contribution in [0.15, 0.2) is 5.10 Å². The van der Waals surface area contributed by atoms with Gasteiger partial charge in [0.2, 0.25) is 3.54 Å². The first kappa shape index (κ1) is 18.4. The van der Waals surface area contributed by atoms with Gasteiger partial charge in [-0.3, -0.25) is 5.43 Å². The Morgan fingerprint density at radius 3 is 2.71 bits per heavy atom. The molecule has 1 atom stereocenters. The molecule has 0 radical (unpaired) electrons. The predicted molar refractivity (Wildman–Crippen MR) is 68.4 cm³/mol. The van der Waals surface area contributed by atoms with Crippen LogP contribution in [-0.4, -0.2) is 38.1 Å². The molecule has 94 valence electrons. The van der Waals surface area contributed by atoms with Gasteiger partial charge in [-0.05, 0) is 18.6 Å². The fourth-order valence-corrected chi connectivity index (χ4v) is 4.10. The molecular weight excluding hydrogens is 315 g/mol. The second kappa shape index (κ2) is 8.54. The van der Waals surface area contributed by atoms with Crippen LogP contribution >= 0.6 is 35.6 Å². The van der Waals surface area contributed by atoms with E-state index >= 15 is 0 Å². The zero-order valence-corrected chi connectivity index (χ0v) is 14.4. The van der Waals surface area contributed by atoms with Crippen molar-refractivity contribution in [1.82, 2.24) is 5.43 Å². The minimum Gasteiger partial charge on any atom is -0.748 e. The Morgan fingerprint density at radius 2 is 2.24 bits per heavy atom. The fraction of sp³-hybridized carbons (Fsp3) is 0.833. The third kappa shape index (κ3) is 7.53. The van der Waals surface area contributed by atoms with Crippen molar-refractivity contribution in [3.63, 3.8) is 0 Å². The minimum absolute atomic E-state index is 0. The Kier molecular flexibility index (Phi) is 9.24. The third-order valence-corrected chi connectivity index (χ3v) is 6.09. The van der Waals surface area contributed by atoms with Crippen LogP contribution in [0.25, 0.3) is 0 Å². The molecule has 1 aliphatic heterocycles. The summed E-state index contributed by atoms with van der Waals surface area (Å²) in [6, 6.07) is 0. The normalized spacial score (nSPS) is 23.2. The molecule has 1 rings (SSSR count). The molecule has 0 saturated carbocycles. The summed E-state index contributed by atoms with van der Waals surface area (Å²) < 4.78 is 39.4. The molecule has 0 aliphatic carbocycles. The van der Waals surface area contributed by atoms with Crippen molar-refractivity contribution in [2.24, 2.45) is 5.10 Å². The van der Waals surface area contributed by atoms with Gasteiger partial charge in [0.25, 0.3) is 0 Å². The van der Waals surface area contributed by atoms with Gasteiger partial charge in [-0.15, -0.1) is 11.8 Å². The Labute approximate surface area is 135 Å². The summed E-state index contributed by atoms with van der Waals surface area (Å²) >= 11 is 3.42. The van der Waals surface area contributed by atoms with Gasteiger partial charge < -0.3 is 9.11 Å². The predicted octanol–water partition coefficient (Wildman–Crippen LogP) is -1.85. The van der Waals surface area contributed by atoms with Crippen molar-refractivity contribution >= 4 is 51.2 Å². The molecule has 0 spiro atoms. The summed E-state index contributed by atoms with van der Waals surface area (Å²) in [5.41, 5.74) is 4.35. The molecule has 1 aliphatic rings. The van der Waals surface area contributed by atoms with Gasteiger partial charge >= 0.3 is 29.6 Å². The van der Waals surface area contributed by atoms with Crippen LogP contribution in [0.4, 0.5) is 0 Å². The van der Waals surface area contributed by atoms with E-state index in [1.54, 1.807) is 5.55 Å². The van der Waals surface area contributed by atoms with Gasteiger partial charge in [0.15, 0.2) is 0 Å². The summed E-state index contributed by atoms with van der Waals surface area (Å²) in [4.78, 5) is 0. The number of hydrogen-bond donors (Lipinski definition) is 2. The van der Waals surface area contributed by atoms with Crippen molar-refractivity contribution < 1.29 is 47.1 Å². The molecule has 6 nitrogen and oxygen atoms in total. The molecular formula is C6H11N2NaO4S4. The van der Waals surface area contributed by atoms with E-state index in [-0.39, 0.29) is 35.3 Å². The Morgan fingerprint density at radius 1 is 1.53 bits per heavy atom. The van der Waals surface area contributed by atoms with Gasteiger partial charge in [-0.2, -0.15) is 5.10 Å². The van der Waals surface area contributed by atoms with Gasteiger partial charge in [-0.1, -0.05) is 11.8 Å². The van der Waals surface area contributed by atoms with Crippen molar-refractivity contribution in [3.05, 3.63) is 0 Å². The monoisotopic (exact) mass is 326 g/mol. The number of nitrogens with zero attached hydrogens (tertiary/aromatic N) is 1. The van der Waals surface area contributed by atoms with E-state index in [4.69, 9.17) is 4.55 Å². The molecule has 1 heterocycles. The number of unbranched alkanes of at least 4 members (excludes halogenated alkanes) is 1. The fourth-order valence-electron chi connectivity index (χ4n) is 0.950. The zero-order chi connectivity index (χ0) is 12.1. The number of nitrogens with one attached hydrogen (secondary N) is 1. The summed E-state index contributed by atoms with van der Waals surface area (Å²) in [5, 5.41) is 3.79. The molecule has 1 unspecified atom stereocenters. The molecule has 2 N–H and O–H groups in total. The van der Waals surface area contributed by atoms with Crippen LogP contribution in [0.3, 0.4) is 0 Å². The largest absolute Gasteiger partial charge is 1.00 e. The first-order valence-electron chi connectivity index (χ1n) is 4.34. The van der Waals surface area contributed by atoms with Crippen LogP contribution in [0.1, 0.15) is 12.8 Å². The quantitative estimate of drug-likeness (QED) is 0.185. The first-order chi connectivity index (χ1) is 7.47. The Hall–Kier alpha value is 1.39. The number of rotatable bonds is 7.